The van der Waals surface area contributed by atoms with Gasteiger partial charge in [-0.1, -0.05) is 0 Å². The summed E-state index contributed by atoms with van der Waals surface area (Å²) in [5, 5.41) is 0. The molecule has 1 aliphatic heterocycles. The van der Waals surface area contributed by atoms with E-state index in [-0.39, 0.29) is 13.1 Å². The van der Waals surface area contributed by atoms with Crippen LogP contribution in [0.15, 0.2) is 6.33 Å². The molecule has 1 saturated heterocycles. The number of hydrogen-bond donors (Lipinski definition) is 0. The third kappa shape index (κ3) is 1.79. The van der Waals surface area contributed by atoms with Gasteiger partial charge >= 0.3 is 6.18 Å². The molecule has 2 aliphatic rings. The topological polar surface area (TPSA) is 38.2 Å². The molecule has 0 radical (unpaired) electrons. The van der Waals surface area contributed by atoms with Crippen molar-refractivity contribution in [1.29, 1.82) is 0 Å². The van der Waals surface area contributed by atoms with Gasteiger partial charge in [-0.05, 0) is 19.3 Å². The molecule has 104 valence electrons. The molecule has 0 atom stereocenters. The van der Waals surface area contributed by atoms with Crippen LogP contribution in [0.5, 0.6) is 0 Å². The lowest BCUT2D eigenvalue weighted by Crippen LogP contribution is -2.70. The Morgan fingerprint density at radius 2 is 2.00 bits per heavy atom. The van der Waals surface area contributed by atoms with E-state index in [2.05, 4.69) is 9.97 Å². The van der Waals surface area contributed by atoms with Gasteiger partial charge in [0.2, 0.25) is 0 Å². The predicted octanol–water partition coefficient (Wildman–Crippen LogP) is 1.73. The van der Waals surface area contributed by atoms with Crippen LogP contribution in [0.2, 0.25) is 0 Å². The number of halogens is 3. The van der Waals surface area contributed by atoms with Crippen LogP contribution in [-0.4, -0.2) is 41.9 Å². The maximum Gasteiger partial charge on any atom is 0.420 e. The third-order valence-corrected chi connectivity index (χ3v) is 3.95. The molecule has 1 aromatic rings. The molecule has 0 bridgehead atoms. The molecule has 0 aromatic carbocycles. The average molecular weight is 273 g/mol. The Balaban J connectivity index is 1.83. The van der Waals surface area contributed by atoms with Gasteiger partial charge < -0.3 is 9.64 Å². The van der Waals surface area contributed by atoms with Crippen molar-refractivity contribution >= 4 is 5.82 Å². The summed E-state index contributed by atoms with van der Waals surface area (Å²) in [4.78, 5) is 9.95. The molecule has 1 aliphatic carbocycles. The van der Waals surface area contributed by atoms with Crippen molar-refractivity contribution in [3.05, 3.63) is 17.6 Å². The fourth-order valence-corrected chi connectivity index (χ4v) is 2.76. The number of aromatic nitrogens is 2. The van der Waals surface area contributed by atoms with E-state index in [1.54, 1.807) is 4.90 Å². The van der Waals surface area contributed by atoms with Crippen molar-refractivity contribution in [3.63, 3.8) is 0 Å². The van der Waals surface area contributed by atoms with Crippen molar-refractivity contribution < 1.29 is 17.9 Å². The summed E-state index contributed by atoms with van der Waals surface area (Å²) in [6, 6.07) is 0. The monoisotopic (exact) mass is 273 g/mol. The van der Waals surface area contributed by atoms with E-state index in [0.29, 0.717) is 5.82 Å². The Morgan fingerprint density at radius 3 is 2.63 bits per heavy atom. The van der Waals surface area contributed by atoms with E-state index in [4.69, 9.17) is 4.74 Å². The smallest absolute Gasteiger partial charge is 0.365 e. The van der Waals surface area contributed by atoms with Gasteiger partial charge in [-0.3, -0.25) is 0 Å². The van der Waals surface area contributed by atoms with Gasteiger partial charge in [0.05, 0.1) is 13.1 Å². The molecule has 3 rings (SSSR count). The zero-order valence-corrected chi connectivity index (χ0v) is 10.5. The Kier molecular flexibility index (Phi) is 2.70. The highest BCUT2D eigenvalue weighted by Gasteiger charge is 2.63. The number of rotatable bonds is 2. The van der Waals surface area contributed by atoms with Gasteiger partial charge in [0.15, 0.2) is 5.60 Å². The van der Waals surface area contributed by atoms with Crippen LogP contribution in [0, 0.1) is 0 Å². The van der Waals surface area contributed by atoms with E-state index >= 15 is 0 Å². The van der Waals surface area contributed by atoms with Gasteiger partial charge in [0, 0.05) is 18.4 Å². The number of fused-ring (bicyclic) bond motifs is 1. The number of ether oxygens (including phenoxy) is 1. The van der Waals surface area contributed by atoms with Gasteiger partial charge in [-0.2, -0.15) is 13.2 Å². The van der Waals surface area contributed by atoms with E-state index in [1.165, 1.54) is 6.33 Å². The van der Waals surface area contributed by atoms with Gasteiger partial charge in [0.25, 0.3) is 0 Å². The summed E-state index contributed by atoms with van der Waals surface area (Å²) < 4.78 is 43.5. The first-order valence-electron chi connectivity index (χ1n) is 6.16. The van der Waals surface area contributed by atoms with Crippen LogP contribution in [0.1, 0.15) is 17.7 Å². The second-order valence-corrected chi connectivity index (χ2v) is 5.03. The zero-order valence-electron chi connectivity index (χ0n) is 10.5. The third-order valence-electron chi connectivity index (χ3n) is 3.95. The number of anilines is 1. The maximum atomic E-state index is 12.9. The lowest BCUT2D eigenvalue weighted by atomic mass is 9.92. The number of methoxy groups -OCH3 is 1. The van der Waals surface area contributed by atoms with Gasteiger partial charge in [-0.25, -0.2) is 9.97 Å². The van der Waals surface area contributed by atoms with Crippen molar-refractivity contribution in [1.82, 2.24) is 9.97 Å². The Labute approximate surface area is 108 Å². The summed E-state index contributed by atoms with van der Waals surface area (Å²) in [6.45, 7) is -0.396. The summed E-state index contributed by atoms with van der Waals surface area (Å²) >= 11 is 0. The van der Waals surface area contributed by atoms with Crippen molar-refractivity contribution in [2.45, 2.75) is 31.0 Å². The Morgan fingerprint density at radius 1 is 1.26 bits per heavy atom. The minimum Gasteiger partial charge on any atom is -0.365 e. The van der Waals surface area contributed by atoms with Gasteiger partial charge in [0.1, 0.15) is 12.1 Å². The van der Waals surface area contributed by atoms with Crippen LogP contribution < -0.4 is 4.90 Å². The molecule has 7 heteroatoms. The summed E-state index contributed by atoms with van der Waals surface area (Å²) in [6.07, 6.45) is -0.209. The molecule has 4 nitrogen and oxygen atoms in total. The molecular formula is C12H14F3N3O. The largest absolute Gasteiger partial charge is 0.420 e. The highest BCUT2D eigenvalue weighted by Crippen LogP contribution is 2.43. The minimum absolute atomic E-state index is 0.198. The van der Waals surface area contributed by atoms with Crippen LogP contribution in [-0.2, 0) is 17.6 Å². The van der Waals surface area contributed by atoms with E-state index in [9.17, 15) is 13.2 Å². The van der Waals surface area contributed by atoms with Gasteiger partial charge in [-0.15, -0.1) is 0 Å². The Bertz CT molecular complexity index is 497. The van der Waals surface area contributed by atoms with Crippen LogP contribution >= 0.6 is 0 Å². The fraction of sp³-hybridized carbons (Fsp3) is 0.667. The van der Waals surface area contributed by atoms with Crippen molar-refractivity contribution in [2.75, 3.05) is 25.1 Å². The second-order valence-electron chi connectivity index (χ2n) is 5.03. The van der Waals surface area contributed by atoms with Crippen LogP contribution in [0.25, 0.3) is 0 Å². The highest BCUT2D eigenvalue weighted by molar-refractivity contribution is 5.54. The molecule has 0 amide bonds. The molecule has 0 unspecified atom stereocenters. The van der Waals surface area contributed by atoms with E-state index in [1.807, 2.05) is 0 Å². The number of aryl methyl sites for hydroxylation is 1. The molecule has 1 aromatic heterocycles. The van der Waals surface area contributed by atoms with E-state index < -0.39 is 11.8 Å². The number of alkyl halides is 3. The normalized spacial score (nSPS) is 21.2. The summed E-state index contributed by atoms with van der Waals surface area (Å²) in [5.74, 6) is 0.638. The summed E-state index contributed by atoms with van der Waals surface area (Å²) in [5.41, 5.74) is -0.0926. The van der Waals surface area contributed by atoms with Crippen molar-refractivity contribution in [2.24, 2.45) is 0 Å². The minimum atomic E-state index is -4.35. The molecule has 1 fully saturated rings. The molecular weight excluding hydrogens is 259 g/mol. The zero-order chi connectivity index (χ0) is 13.7. The second kappa shape index (κ2) is 4.06. The molecule has 0 spiro atoms. The molecule has 0 N–H and O–H groups in total. The first kappa shape index (κ1) is 12.7. The van der Waals surface area contributed by atoms with Crippen molar-refractivity contribution in [3.8, 4) is 0 Å². The average Bonchev–Trinajstić information content (AvgIpc) is 2.75. The number of nitrogens with zero attached hydrogens (tertiary/aromatic N) is 3. The highest BCUT2D eigenvalue weighted by atomic mass is 19.4. The van der Waals surface area contributed by atoms with E-state index in [0.717, 1.165) is 37.6 Å². The standard InChI is InChI=1S/C12H14F3N3O/c1-19-11(12(13,14)15)5-18(6-11)10-8-3-2-4-9(8)16-7-17-10/h7H,2-6H2,1H3. The molecule has 19 heavy (non-hydrogen) atoms. The number of hydrogen-bond acceptors (Lipinski definition) is 4. The SMILES string of the molecule is COC1(C(F)(F)F)CN(c2ncnc3c2CCC3)C1. The molecule has 2 heterocycles. The first-order chi connectivity index (χ1) is 8.97. The fourth-order valence-electron chi connectivity index (χ4n) is 2.76. The Hall–Kier alpha value is -1.37. The summed E-state index contributed by atoms with van der Waals surface area (Å²) in [7, 11) is 1.11. The van der Waals surface area contributed by atoms with Crippen LogP contribution in [0.3, 0.4) is 0 Å². The first-order valence-corrected chi connectivity index (χ1v) is 6.16. The lowest BCUT2D eigenvalue weighted by molar-refractivity contribution is -0.277. The molecule has 0 saturated carbocycles. The maximum absolute atomic E-state index is 12.9. The van der Waals surface area contributed by atoms with Crippen LogP contribution in [0.4, 0.5) is 19.0 Å². The lowest BCUT2D eigenvalue weighted by Gasteiger charge is -2.50. The predicted molar refractivity (Wildman–Crippen MR) is 62.1 cm³/mol. The quantitative estimate of drug-likeness (QED) is 0.822.